The predicted octanol–water partition coefficient (Wildman–Crippen LogP) is 2.68. The molecule has 2 N–H and O–H groups in total. The van der Waals surface area contributed by atoms with Crippen molar-refractivity contribution in [3.8, 4) is 0 Å². The maximum Gasteiger partial charge on any atom is 0.0897 e. The van der Waals surface area contributed by atoms with Crippen LogP contribution < -0.4 is 5.32 Å². The first-order valence-electron chi connectivity index (χ1n) is 8.32. The van der Waals surface area contributed by atoms with E-state index in [9.17, 15) is 5.11 Å². The fraction of sp³-hybridized carbons (Fsp3) is 1.00. The molecule has 1 saturated heterocycles. The zero-order chi connectivity index (χ0) is 14.2. The Morgan fingerprint density at radius 1 is 1.15 bits per heavy atom. The molecule has 1 atom stereocenters. The minimum absolute atomic E-state index is 0.354. The maximum atomic E-state index is 9.97. The lowest BCUT2D eigenvalue weighted by atomic mass is 9.89. The molecular formula is C16H31NO2S. The maximum absolute atomic E-state index is 9.97. The number of rotatable bonds is 7. The number of aliphatic hydroxyl groups excluding tert-OH is 1. The number of ether oxygens (including phenoxy) is 1. The van der Waals surface area contributed by atoms with Crippen LogP contribution in [0.4, 0.5) is 0 Å². The van der Waals surface area contributed by atoms with E-state index in [1.165, 1.54) is 50.0 Å². The topological polar surface area (TPSA) is 41.5 Å². The Balaban J connectivity index is 1.48. The summed E-state index contributed by atoms with van der Waals surface area (Å²) < 4.78 is 5.84. The van der Waals surface area contributed by atoms with Crippen molar-refractivity contribution in [1.29, 1.82) is 0 Å². The molecule has 0 spiro atoms. The molecule has 1 heterocycles. The number of nitrogens with one attached hydrogen (secondary N) is 1. The molecule has 20 heavy (non-hydrogen) atoms. The van der Waals surface area contributed by atoms with Crippen LogP contribution in [-0.2, 0) is 4.74 Å². The minimum Gasteiger partial charge on any atom is -0.389 e. The number of thioether (sulfide) groups is 1. The van der Waals surface area contributed by atoms with E-state index in [4.69, 9.17) is 4.74 Å². The van der Waals surface area contributed by atoms with E-state index in [0.717, 1.165) is 18.4 Å². The van der Waals surface area contributed by atoms with Crippen LogP contribution in [0, 0.1) is 11.8 Å². The Morgan fingerprint density at radius 3 is 2.55 bits per heavy atom. The van der Waals surface area contributed by atoms with Gasteiger partial charge in [-0.2, -0.15) is 11.8 Å². The minimum atomic E-state index is -0.354. The van der Waals surface area contributed by atoms with Crippen molar-refractivity contribution in [2.75, 3.05) is 31.2 Å². The first-order valence-corrected chi connectivity index (χ1v) is 9.47. The summed E-state index contributed by atoms with van der Waals surface area (Å²) in [4.78, 5) is 0. The van der Waals surface area contributed by atoms with Gasteiger partial charge in [0.05, 0.1) is 18.8 Å². The van der Waals surface area contributed by atoms with Crippen LogP contribution in [0.2, 0.25) is 0 Å². The normalized spacial score (nSPS) is 30.3. The van der Waals surface area contributed by atoms with Gasteiger partial charge in [0.2, 0.25) is 0 Å². The fourth-order valence-corrected chi connectivity index (χ4v) is 4.31. The molecule has 2 aliphatic rings. The van der Waals surface area contributed by atoms with Gasteiger partial charge in [0.25, 0.3) is 0 Å². The second-order valence-corrected chi connectivity index (χ2v) is 7.81. The van der Waals surface area contributed by atoms with E-state index in [1.54, 1.807) is 0 Å². The average Bonchev–Trinajstić information content (AvgIpc) is 2.48. The van der Waals surface area contributed by atoms with Crippen LogP contribution in [0.15, 0.2) is 0 Å². The first-order chi connectivity index (χ1) is 9.74. The summed E-state index contributed by atoms with van der Waals surface area (Å²) >= 11 is 2.07. The zero-order valence-electron chi connectivity index (χ0n) is 12.9. The molecule has 1 aliphatic heterocycles. The van der Waals surface area contributed by atoms with Gasteiger partial charge in [-0.05, 0) is 68.4 Å². The summed E-state index contributed by atoms with van der Waals surface area (Å²) in [6.45, 7) is 4.54. The highest BCUT2D eigenvalue weighted by Crippen LogP contribution is 2.25. The van der Waals surface area contributed by atoms with Crippen molar-refractivity contribution in [3.63, 3.8) is 0 Å². The lowest BCUT2D eigenvalue weighted by molar-refractivity contribution is -0.0279. The number of aliphatic hydroxyl groups is 1. The highest BCUT2D eigenvalue weighted by Gasteiger charge is 2.19. The second kappa shape index (κ2) is 9.29. The highest BCUT2D eigenvalue weighted by molar-refractivity contribution is 7.99. The largest absolute Gasteiger partial charge is 0.389 e. The first kappa shape index (κ1) is 16.6. The monoisotopic (exact) mass is 301 g/mol. The van der Waals surface area contributed by atoms with Crippen molar-refractivity contribution in [2.24, 2.45) is 11.8 Å². The standard InChI is InChI=1S/C16H31NO2S/c1-13-2-4-16(5-3-13)19-12-15(18)11-17-10-14-6-8-20-9-7-14/h13-18H,2-12H2,1H3. The lowest BCUT2D eigenvalue weighted by Gasteiger charge is -2.27. The van der Waals surface area contributed by atoms with E-state index in [1.807, 2.05) is 0 Å². The Bertz CT molecular complexity index is 251. The van der Waals surface area contributed by atoms with Crippen LogP contribution in [0.3, 0.4) is 0 Å². The van der Waals surface area contributed by atoms with E-state index >= 15 is 0 Å². The third-order valence-corrected chi connectivity index (χ3v) is 5.69. The third-order valence-electron chi connectivity index (χ3n) is 4.64. The van der Waals surface area contributed by atoms with Crippen LogP contribution in [0.1, 0.15) is 45.4 Å². The van der Waals surface area contributed by atoms with E-state index in [-0.39, 0.29) is 6.10 Å². The third kappa shape index (κ3) is 6.33. The fourth-order valence-electron chi connectivity index (χ4n) is 3.11. The summed E-state index contributed by atoms with van der Waals surface area (Å²) in [5.41, 5.74) is 0. The van der Waals surface area contributed by atoms with Gasteiger partial charge in [0.15, 0.2) is 0 Å². The van der Waals surface area contributed by atoms with Crippen molar-refractivity contribution >= 4 is 11.8 Å². The Hall–Kier alpha value is 0.230. The zero-order valence-corrected chi connectivity index (χ0v) is 13.7. The van der Waals surface area contributed by atoms with Crippen molar-refractivity contribution in [2.45, 2.75) is 57.7 Å². The average molecular weight is 301 g/mol. The van der Waals surface area contributed by atoms with Crippen LogP contribution in [-0.4, -0.2) is 48.5 Å². The van der Waals surface area contributed by atoms with Crippen LogP contribution >= 0.6 is 11.8 Å². The van der Waals surface area contributed by atoms with Gasteiger partial charge in [-0.15, -0.1) is 0 Å². The molecule has 2 fully saturated rings. The molecule has 1 aliphatic carbocycles. The molecule has 0 amide bonds. The second-order valence-electron chi connectivity index (χ2n) is 6.58. The molecule has 1 unspecified atom stereocenters. The van der Waals surface area contributed by atoms with Gasteiger partial charge in [0, 0.05) is 6.54 Å². The molecule has 0 aromatic rings. The summed E-state index contributed by atoms with van der Waals surface area (Å²) in [6, 6.07) is 0. The Kier molecular flexibility index (Phi) is 7.71. The van der Waals surface area contributed by atoms with Crippen molar-refractivity contribution in [1.82, 2.24) is 5.32 Å². The molecule has 0 aromatic carbocycles. The molecule has 0 radical (unpaired) electrons. The van der Waals surface area contributed by atoms with E-state index in [0.29, 0.717) is 19.3 Å². The molecule has 0 bridgehead atoms. The molecule has 3 nitrogen and oxygen atoms in total. The molecule has 1 saturated carbocycles. The Labute approximate surface area is 128 Å². The van der Waals surface area contributed by atoms with Gasteiger partial charge >= 0.3 is 0 Å². The lowest BCUT2D eigenvalue weighted by Crippen LogP contribution is -2.35. The molecular weight excluding hydrogens is 270 g/mol. The summed E-state index contributed by atoms with van der Waals surface area (Å²) in [5.74, 6) is 4.27. The van der Waals surface area contributed by atoms with Crippen LogP contribution in [0.5, 0.6) is 0 Å². The molecule has 118 valence electrons. The SMILES string of the molecule is CC1CCC(OCC(O)CNCC2CCSCC2)CC1. The van der Waals surface area contributed by atoms with Crippen molar-refractivity contribution in [3.05, 3.63) is 0 Å². The summed E-state index contributed by atoms with van der Waals surface area (Å²) in [7, 11) is 0. The molecule has 4 heteroatoms. The van der Waals surface area contributed by atoms with Gasteiger partial charge in [-0.3, -0.25) is 0 Å². The van der Waals surface area contributed by atoms with Gasteiger partial charge < -0.3 is 15.2 Å². The Morgan fingerprint density at radius 2 is 1.85 bits per heavy atom. The van der Waals surface area contributed by atoms with Crippen molar-refractivity contribution < 1.29 is 9.84 Å². The van der Waals surface area contributed by atoms with Gasteiger partial charge in [-0.1, -0.05) is 6.92 Å². The van der Waals surface area contributed by atoms with Crippen LogP contribution in [0.25, 0.3) is 0 Å². The molecule has 0 aromatic heterocycles. The predicted molar refractivity (Wildman–Crippen MR) is 86.3 cm³/mol. The van der Waals surface area contributed by atoms with E-state index in [2.05, 4.69) is 24.0 Å². The highest BCUT2D eigenvalue weighted by atomic mass is 32.2. The molecule has 2 rings (SSSR count). The smallest absolute Gasteiger partial charge is 0.0897 e. The quantitative estimate of drug-likeness (QED) is 0.758. The van der Waals surface area contributed by atoms with E-state index < -0.39 is 0 Å². The number of hydrogen-bond acceptors (Lipinski definition) is 4. The van der Waals surface area contributed by atoms with Gasteiger partial charge in [0.1, 0.15) is 0 Å². The summed E-state index contributed by atoms with van der Waals surface area (Å²) in [6.07, 6.45) is 7.57. The van der Waals surface area contributed by atoms with Gasteiger partial charge in [-0.25, -0.2) is 0 Å². The summed E-state index contributed by atoms with van der Waals surface area (Å²) in [5, 5.41) is 13.4. The number of hydrogen-bond donors (Lipinski definition) is 2.